The second kappa shape index (κ2) is 7.48. The first-order chi connectivity index (χ1) is 12.7. The number of hydrogen-bond donors (Lipinski definition) is 1. The molecule has 0 spiro atoms. The van der Waals surface area contributed by atoms with Gasteiger partial charge in [0.05, 0.1) is 16.5 Å². The fourth-order valence-electron chi connectivity index (χ4n) is 2.75. The van der Waals surface area contributed by atoms with E-state index in [-0.39, 0.29) is 5.91 Å². The lowest BCUT2D eigenvalue weighted by Crippen LogP contribution is -2.17. The number of thioether (sulfide) groups is 1. The summed E-state index contributed by atoms with van der Waals surface area (Å²) >= 11 is 7.72. The highest BCUT2D eigenvalue weighted by molar-refractivity contribution is 8.00. The Hall–Kier alpha value is -2.37. The SMILES string of the molecule is O=C(CSc1ccc2ccccc2c1)Nc1cc2c(cc1Cl)OCCO2. The highest BCUT2D eigenvalue weighted by Gasteiger charge is 2.16. The highest BCUT2D eigenvalue weighted by atomic mass is 35.5. The molecule has 4 nitrogen and oxygen atoms in total. The molecule has 0 bridgehead atoms. The molecule has 0 aliphatic carbocycles. The van der Waals surface area contributed by atoms with E-state index in [4.69, 9.17) is 21.1 Å². The second-order valence-corrected chi connectivity index (χ2v) is 7.28. The summed E-state index contributed by atoms with van der Waals surface area (Å²) < 4.78 is 11.0. The average Bonchev–Trinajstić information content (AvgIpc) is 2.67. The number of carbonyl (C=O) groups excluding carboxylic acids is 1. The Morgan fingerprint density at radius 3 is 2.54 bits per heavy atom. The van der Waals surface area contributed by atoms with Crippen LogP contribution in [0.1, 0.15) is 0 Å². The molecule has 3 aromatic carbocycles. The summed E-state index contributed by atoms with van der Waals surface area (Å²) in [5.41, 5.74) is 0.528. The Morgan fingerprint density at radius 1 is 1.00 bits per heavy atom. The van der Waals surface area contributed by atoms with E-state index >= 15 is 0 Å². The lowest BCUT2D eigenvalue weighted by Gasteiger charge is -2.20. The molecule has 0 atom stereocenters. The molecule has 0 aromatic heterocycles. The molecule has 1 aliphatic rings. The summed E-state index contributed by atoms with van der Waals surface area (Å²) in [5, 5.41) is 5.61. The van der Waals surface area contributed by atoms with E-state index in [0.29, 0.717) is 41.2 Å². The van der Waals surface area contributed by atoms with Gasteiger partial charge in [-0.2, -0.15) is 0 Å². The molecule has 0 fully saturated rings. The quantitative estimate of drug-likeness (QED) is 0.642. The van der Waals surface area contributed by atoms with Gasteiger partial charge >= 0.3 is 0 Å². The van der Waals surface area contributed by atoms with E-state index in [2.05, 4.69) is 29.6 Å². The van der Waals surface area contributed by atoms with Crippen LogP contribution in [0.4, 0.5) is 5.69 Å². The number of nitrogens with one attached hydrogen (secondary N) is 1. The highest BCUT2D eigenvalue weighted by Crippen LogP contribution is 2.38. The normalized spacial score (nSPS) is 12.8. The number of anilines is 1. The summed E-state index contributed by atoms with van der Waals surface area (Å²) in [5.74, 6) is 1.37. The van der Waals surface area contributed by atoms with Crippen molar-refractivity contribution in [2.75, 3.05) is 24.3 Å². The number of halogens is 1. The maximum atomic E-state index is 12.3. The van der Waals surface area contributed by atoms with Crippen LogP contribution in [0, 0.1) is 0 Å². The van der Waals surface area contributed by atoms with Crippen molar-refractivity contribution < 1.29 is 14.3 Å². The van der Waals surface area contributed by atoms with Crippen LogP contribution in [0.15, 0.2) is 59.5 Å². The van der Waals surface area contributed by atoms with E-state index in [9.17, 15) is 4.79 Å². The molecule has 6 heteroatoms. The van der Waals surface area contributed by atoms with Crippen LogP contribution in [0.25, 0.3) is 10.8 Å². The van der Waals surface area contributed by atoms with Gasteiger partial charge in [-0.1, -0.05) is 41.9 Å². The van der Waals surface area contributed by atoms with Gasteiger partial charge < -0.3 is 14.8 Å². The van der Waals surface area contributed by atoms with Crippen LogP contribution in [0.2, 0.25) is 5.02 Å². The predicted molar refractivity (Wildman–Crippen MR) is 106 cm³/mol. The smallest absolute Gasteiger partial charge is 0.234 e. The fraction of sp³-hybridized carbons (Fsp3) is 0.150. The number of benzene rings is 3. The molecule has 1 N–H and O–H groups in total. The van der Waals surface area contributed by atoms with Crippen LogP contribution in [0.5, 0.6) is 11.5 Å². The lowest BCUT2D eigenvalue weighted by atomic mass is 10.1. The van der Waals surface area contributed by atoms with Crippen LogP contribution >= 0.6 is 23.4 Å². The summed E-state index contributed by atoms with van der Waals surface area (Å²) in [6.07, 6.45) is 0. The maximum Gasteiger partial charge on any atom is 0.234 e. The monoisotopic (exact) mass is 385 g/mol. The Labute approximate surface area is 160 Å². The van der Waals surface area contributed by atoms with Gasteiger partial charge in [-0.25, -0.2) is 0 Å². The second-order valence-electron chi connectivity index (χ2n) is 5.82. The number of ether oxygens (including phenoxy) is 2. The van der Waals surface area contributed by atoms with Crippen LogP contribution in [-0.2, 0) is 4.79 Å². The Balaban J connectivity index is 1.42. The maximum absolute atomic E-state index is 12.3. The summed E-state index contributed by atoms with van der Waals surface area (Å²) in [7, 11) is 0. The zero-order valence-corrected chi connectivity index (χ0v) is 15.4. The van der Waals surface area contributed by atoms with Crippen molar-refractivity contribution >= 4 is 45.7 Å². The standard InChI is InChI=1S/C20H16ClNO3S/c21-16-10-18-19(25-8-7-24-18)11-17(16)22-20(23)12-26-15-6-5-13-3-1-2-4-14(13)9-15/h1-6,9-11H,7-8,12H2,(H,22,23). The van der Waals surface area contributed by atoms with Crippen LogP contribution < -0.4 is 14.8 Å². The molecule has 1 aliphatic heterocycles. The van der Waals surface area contributed by atoms with Crippen molar-refractivity contribution in [1.82, 2.24) is 0 Å². The van der Waals surface area contributed by atoms with Gasteiger partial charge in [-0.05, 0) is 22.9 Å². The van der Waals surface area contributed by atoms with Gasteiger partial charge in [0, 0.05) is 17.0 Å². The molecular weight excluding hydrogens is 370 g/mol. The van der Waals surface area contributed by atoms with Crippen molar-refractivity contribution in [3.05, 3.63) is 59.6 Å². The third kappa shape index (κ3) is 3.74. The zero-order valence-electron chi connectivity index (χ0n) is 13.8. The van der Waals surface area contributed by atoms with Gasteiger partial charge in [-0.3, -0.25) is 4.79 Å². The van der Waals surface area contributed by atoms with Crippen LogP contribution in [0.3, 0.4) is 0 Å². The number of hydrogen-bond acceptors (Lipinski definition) is 4. The molecule has 132 valence electrons. The lowest BCUT2D eigenvalue weighted by molar-refractivity contribution is -0.113. The molecule has 26 heavy (non-hydrogen) atoms. The summed E-state index contributed by atoms with van der Waals surface area (Å²) in [6, 6.07) is 17.7. The van der Waals surface area contributed by atoms with Crippen molar-refractivity contribution in [2.24, 2.45) is 0 Å². The van der Waals surface area contributed by atoms with Gasteiger partial charge in [-0.15, -0.1) is 11.8 Å². The first kappa shape index (κ1) is 17.1. The van der Waals surface area contributed by atoms with E-state index in [1.54, 1.807) is 12.1 Å². The van der Waals surface area contributed by atoms with Crippen molar-refractivity contribution in [3.63, 3.8) is 0 Å². The molecule has 1 heterocycles. The van der Waals surface area contributed by atoms with E-state index in [1.165, 1.54) is 17.1 Å². The Kier molecular flexibility index (Phi) is 4.91. The van der Waals surface area contributed by atoms with E-state index in [1.807, 2.05) is 18.2 Å². The molecular formula is C20H16ClNO3S. The van der Waals surface area contributed by atoms with Gasteiger partial charge in [0.15, 0.2) is 11.5 Å². The first-order valence-corrected chi connectivity index (χ1v) is 9.56. The number of fused-ring (bicyclic) bond motifs is 2. The van der Waals surface area contributed by atoms with Gasteiger partial charge in [0.25, 0.3) is 0 Å². The molecule has 3 aromatic rings. The summed E-state index contributed by atoms with van der Waals surface area (Å²) in [6.45, 7) is 0.983. The molecule has 4 rings (SSSR count). The number of carbonyl (C=O) groups is 1. The van der Waals surface area contributed by atoms with Crippen molar-refractivity contribution in [1.29, 1.82) is 0 Å². The fourth-order valence-corrected chi connectivity index (χ4v) is 3.70. The van der Waals surface area contributed by atoms with Crippen molar-refractivity contribution in [2.45, 2.75) is 4.90 Å². The zero-order chi connectivity index (χ0) is 17.9. The molecule has 1 amide bonds. The predicted octanol–water partition coefficient (Wildman–Crippen LogP) is 5.00. The largest absolute Gasteiger partial charge is 0.486 e. The third-order valence-electron chi connectivity index (χ3n) is 4.00. The minimum atomic E-state index is -0.123. The molecule has 0 saturated carbocycles. The minimum Gasteiger partial charge on any atom is -0.486 e. The molecule has 0 saturated heterocycles. The van der Waals surface area contributed by atoms with E-state index < -0.39 is 0 Å². The summed E-state index contributed by atoms with van der Waals surface area (Å²) in [4.78, 5) is 13.4. The first-order valence-electron chi connectivity index (χ1n) is 8.20. The average molecular weight is 386 g/mol. The third-order valence-corrected chi connectivity index (χ3v) is 5.30. The van der Waals surface area contributed by atoms with E-state index in [0.717, 1.165) is 10.3 Å². The van der Waals surface area contributed by atoms with Crippen LogP contribution in [-0.4, -0.2) is 24.9 Å². The number of amides is 1. The van der Waals surface area contributed by atoms with Gasteiger partial charge in [0.2, 0.25) is 5.91 Å². The minimum absolute atomic E-state index is 0.123. The molecule has 0 unspecified atom stereocenters. The Bertz CT molecular complexity index is 976. The number of rotatable bonds is 4. The topological polar surface area (TPSA) is 47.6 Å². The van der Waals surface area contributed by atoms with Crippen molar-refractivity contribution in [3.8, 4) is 11.5 Å². The van der Waals surface area contributed by atoms with Gasteiger partial charge in [0.1, 0.15) is 13.2 Å². The molecule has 0 radical (unpaired) electrons. The Morgan fingerprint density at radius 2 is 1.73 bits per heavy atom.